The molecule has 0 unspecified atom stereocenters. The first-order chi connectivity index (χ1) is 10.1. The molecular formula is C17H13NO3. The third-order valence-electron chi connectivity index (χ3n) is 3.41. The van der Waals surface area contributed by atoms with Crippen molar-refractivity contribution in [1.82, 2.24) is 4.98 Å². The van der Waals surface area contributed by atoms with Gasteiger partial charge in [-0.05, 0) is 19.1 Å². The van der Waals surface area contributed by atoms with Crippen LogP contribution in [-0.2, 0) is 0 Å². The number of aryl methyl sites for hydroxylation is 1. The van der Waals surface area contributed by atoms with Gasteiger partial charge in [-0.2, -0.15) is 0 Å². The van der Waals surface area contributed by atoms with E-state index >= 15 is 0 Å². The molecule has 1 heterocycles. The minimum atomic E-state index is -0.585. The number of rotatable bonds is 2. The summed E-state index contributed by atoms with van der Waals surface area (Å²) in [7, 11) is 0. The average Bonchev–Trinajstić information content (AvgIpc) is 2.49. The number of hydrogen-bond donors (Lipinski definition) is 2. The summed E-state index contributed by atoms with van der Waals surface area (Å²) in [6, 6.07) is 13.7. The molecule has 0 aliphatic carbocycles. The van der Waals surface area contributed by atoms with Gasteiger partial charge < -0.3 is 10.1 Å². The molecule has 0 aliphatic rings. The lowest BCUT2D eigenvalue weighted by molar-refractivity contribution is 0.103. The minimum absolute atomic E-state index is 0.223. The molecule has 104 valence electrons. The van der Waals surface area contributed by atoms with E-state index in [1.807, 2.05) is 13.0 Å². The fourth-order valence-electron chi connectivity index (χ4n) is 2.33. The smallest absolute Gasteiger partial charge is 0.263 e. The molecule has 3 aromatic rings. The first-order valence-corrected chi connectivity index (χ1v) is 6.53. The molecule has 2 N–H and O–H groups in total. The van der Waals surface area contributed by atoms with Gasteiger partial charge in [-0.1, -0.05) is 42.0 Å². The molecule has 0 amide bonds. The molecule has 4 nitrogen and oxygen atoms in total. The summed E-state index contributed by atoms with van der Waals surface area (Å²) < 4.78 is 0. The van der Waals surface area contributed by atoms with Crippen molar-refractivity contribution in [3.8, 4) is 5.75 Å². The molecule has 0 fully saturated rings. The third kappa shape index (κ3) is 2.21. The number of carbonyl (C=O) groups excluding carboxylic acids is 1. The standard InChI is InChI=1S/C17H13NO3/c1-10-7-8-13-12(9-10)16(20)14(17(21)18-13)15(19)11-5-3-2-4-6-11/h2-9H,1H3,(H2,18,20,21). The first-order valence-electron chi connectivity index (χ1n) is 6.53. The summed E-state index contributed by atoms with van der Waals surface area (Å²) in [5.41, 5.74) is 0.998. The van der Waals surface area contributed by atoms with Crippen molar-refractivity contribution >= 4 is 16.7 Å². The maximum atomic E-state index is 12.4. The molecule has 1 aromatic heterocycles. The lowest BCUT2D eigenvalue weighted by atomic mass is 10.0. The number of aromatic nitrogens is 1. The number of hydrogen-bond acceptors (Lipinski definition) is 3. The van der Waals surface area contributed by atoms with Crippen LogP contribution in [0.15, 0.2) is 53.3 Å². The zero-order valence-electron chi connectivity index (χ0n) is 11.4. The normalized spacial score (nSPS) is 10.7. The molecule has 0 atom stereocenters. The Morgan fingerprint density at radius 2 is 1.81 bits per heavy atom. The van der Waals surface area contributed by atoms with Crippen LogP contribution in [-0.4, -0.2) is 15.9 Å². The highest BCUT2D eigenvalue weighted by atomic mass is 16.3. The van der Waals surface area contributed by atoms with Crippen molar-refractivity contribution in [1.29, 1.82) is 0 Å². The third-order valence-corrected chi connectivity index (χ3v) is 3.41. The van der Waals surface area contributed by atoms with Crippen molar-refractivity contribution in [2.45, 2.75) is 6.92 Å². The van der Waals surface area contributed by atoms with E-state index in [1.165, 1.54) is 0 Å². The molecule has 4 heteroatoms. The highest BCUT2D eigenvalue weighted by molar-refractivity contribution is 6.12. The Balaban J connectivity index is 2.28. The highest BCUT2D eigenvalue weighted by Crippen LogP contribution is 2.27. The minimum Gasteiger partial charge on any atom is -0.506 e. The van der Waals surface area contributed by atoms with Crippen LogP contribution in [0.2, 0.25) is 0 Å². The fraction of sp³-hybridized carbons (Fsp3) is 0.0588. The lowest BCUT2D eigenvalue weighted by Gasteiger charge is -2.07. The van der Waals surface area contributed by atoms with Crippen LogP contribution < -0.4 is 5.56 Å². The van der Waals surface area contributed by atoms with Crippen LogP contribution >= 0.6 is 0 Å². The summed E-state index contributed by atoms with van der Waals surface area (Å²) in [5, 5.41) is 10.8. The molecule has 0 spiro atoms. The van der Waals surface area contributed by atoms with Crippen molar-refractivity contribution < 1.29 is 9.90 Å². The van der Waals surface area contributed by atoms with Gasteiger partial charge >= 0.3 is 0 Å². The van der Waals surface area contributed by atoms with E-state index in [0.717, 1.165) is 5.56 Å². The van der Waals surface area contributed by atoms with E-state index in [-0.39, 0.29) is 11.3 Å². The molecule has 0 saturated carbocycles. The predicted molar refractivity (Wildman–Crippen MR) is 80.8 cm³/mol. The molecule has 0 saturated heterocycles. The van der Waals surface area contributed by atoms with Gasteiger partial charge in [0.25, 0.3) is 5.56 Å². The quantitative estimate of drug-likeness (QED) is 0.709. The predicted octanol–water partition coefficient (Wildman–Crippen LogP) is 2.77. The van der Waals surface area contributed by atoms with Gasteiger partial charge in [0.05, 0.1) is 5.52 Å². The molecule has 0 bridgehead atoms. The maximum absolute atomic E-state index is 12.4. The number of benzene rings is 2. The SMILES string of the molecule is Cc1ccc2[nH]c(=O)c(C(=O)c3ccccc3)c(O)c2c1. The van der Waals surface area contributed by atoms with Crippen LogP contribution in [0.5, 0.6) is 5.75 Å². The molecule has 2 aromatic carbocycles. The van der Waals surface area contributed by atoms with E-state index in [2.05, 4.69) is 4.98 Å². The number of H-pyrrole nitrogens is 1. The van der Waals surface area contributed by atoms with Crippen LogP contribution in [0.25, 0.3) is 10.9 Å². The van der Waals surface area contributed by atoms with E-state index in [9.17, 15) is 14.7 Å². The monoisotopic (exact) mass is 279 g/mol. The first kappa shape index (κ1) is 13.1. The number of aromatic hydroxyl groups is 1. The largest absolute Gasteiger partial charge is 0.506 e. The topological polar surface area (TPSA) is 70.2 Å². The number of nitrogens with one attached hydrogen (secondary N) is 1. The van der Waals surface area contributed by atoms with Crippen LogP contribution in [0.3, 0.4) is 0 Å². The second-order valence-electron chi connectivity index (χ2n) is 4.92. The summed E-state index contributed by atoms with van der Waals surface area (Å²) in [5.74, 6) is -0.760. The van der Waals surface area contributed by atoms with Gasteiger partial charge in [0.15, 0.2) is 0 Å². The highest BCUT2D eigenvalue weighted by Gasteiger charge is 2.20. The zero-order valence-corrected chi connectivity index (χ0v) is 11.4. The molecule has 21 heavy (non-hydrogen) atoms. The van der Waals surface area contributed by atoms with Gasteiger partial charge in [0.2, 0.25) is 5.78 Å². The Hall–Kier alpha value is -2.88. The second-order valence-corrected chi connectivity index (χ2v) is 4.92. The van der Waals surface area contributed by atoms with Gasteiger partial charge in [-0.25, -0.2) is 0 Å². The Morgan fingerprint density at radius 1 is 1.10 bits per heavy atom. The summed E-state index contributed by atoms with van der Waals surface area (Å²) in [6.07, 6.45) is 0. The Kier molecular flexibility index (Phi) is 3.06. The number of carbonyl (C=O) groups is 1. The summed E-state index contributed by atoms with van der Waals surface area (Å²) in [4.78, 5) is 27.2. The molecule has 3 rings (SSSR count). The Morgan fingerprint density at radius 3 is 2.52 bits per heavy atom. The van der Waals surface area contributed by atoms with Crippen LogP contribution in [0.4, 0.5) is 0 Å². The molecular weight excluding hydrogens is 266 g/mol. The second kappa shape index (κ2) is 4.90. The van der Waals surface area contributed by atoms with Gasteiger partial charge in [-0.3, -0.25) is 9.59 Å². The van der Waals surface area contributed by atoms with Crippen LogP contribution in [0, 0.1) is 6.92 Å². The van der Waals surface area contributed by atoms with E-state index in [0.29, 0.717) is 16.5 Å². The molecule has 0 aliphatic heterocycles. The number of fused-ring (bicyclic) bond motifs is 1. The number of pyridine rings is 1. The van der Waals surface area contributed by atoms with E-state index < -0.39 is 11.3 Å². The maximum Gasteiger partial charge on any atom is 0.263 e. The summed E-state index contributed by atoms with van der Waals surface area (Å²) >= 11 is 0. The zero-order chi connectivity index (χ0) is 15.0. The van der Waals surface area contributed by atoms with Gasteiger partial charge in [0.1, 0.15) is 11.3 Å². The van der Waals surface area contributed by atoms with Gasteiger partial charge in [0, 0.05) is 10.9 Å². The Bertz CT molecular complexity index is 895. The Labute approximate surface area is 120 Å². The van der Waals surface area contributed by atoms with Gasteiger partial charge in [-0.15, -0.1) is 0 Å². The van der Waals surface area contributed by atoms with Crippen molar-refractivity contribution in [2.24, 2.45) is 0 Å². The average molecular weight is 279 g/mol. The number of aromatic amines is 1. The summed E-state index contributed by atoms with van der Waals surface area (Å²) in [6.45, 7) is 1.88. The fourth-order valence-corrected chi connectivity index (χ4v) is 2.33. The molecule has 0 radical (unpaired) electrons. The lowest BCUT2D eigenvalue weighted by Crippen LogP contribution is -2.18. The van der Waals surface area contributed by atoms with E-state index in [4.69, 9.17) is 0 Å². The van der Waals surface area contributed by atoms with Crippen molar-refractivity contribution in [3.05, 3.63) is 75.6 Å². The van der Waals surface area contributed by atoms with Crippen molar-refractivity contribution in [3.63, 3.8) is 0 Å². The van der Waals surface area contributed by atoms with E-state index in [1.54, 1.807) is 42.5 Å². The van der Waals surface area contributed by atoms with Crippen molar-refractivity contribution in [2.75, 3.05) is 0 Å². The number of ketones is 1. The van der Waals surface area contributed by atoms with Crippen LogP contribution in [0.1, 0.15) is 21.5 Å².